The average Bonchev–Trinajstić information content (AvgIpc) is 2.16. The Kier molecular flexibility index (Phi) is 4.37. The maximum Gasteiger partial charge on any atom is 0.0855 e. The van der Waals surface area contributed by atoms with Crippen LogP contribution in [0.25, 0.3) is 0 Å². The monoisotopic (exact) mass is 192 g/mol. The van der Waals surface area contributed by atoms with E-state index in [-0.39, 0.29) is 0 Å². The topological polar surface area (TPSA) is 35.8 Å². The SMILES string of the molecule is CNCc1cccc(SCC#N)c1. The fourth-order valence-corrected chi connectivity index (χ4v) is 1.71. The highest BCUT2D eigenvalue weighted by atomic mass is 32.2. The maximum atomic E-state index is 8.42. The second-order valence-corrected chi connectivity index (χ2v) is 3.67. The normalized spacial score (nSPS) is 9.54. The van der Waals surface area contributed by atoms with Gasteiger partial charge in [0.25, 0.3) is 0 Å². The van der Waals surface area contributed by atoms with Gasteiger partial charge in [-0.05, 0) is 24.7 Å². The van der Waals surface area contributed by atoms with Crippen molar-refractivity contribution in [2.45, 2.75) is 11.4 Å². The summed E-state index contributed by atoms with van der Waals surface area (Å²) < 4.78 is 0. The van der Waals surface area contributed by atoms with Crippen molar-refractivity contribution in [3.8, 4) is 6.07 Å². The van der Waals surface area contributed by atoms with Crippen LogP contribution in [0.1, 0.15) is 5.56 Å². The van der Waals surface area contributed by atoms with Crippen LogP contribution in [-0.4, -0.2) is 12.8 Å². The van der Waals surface area contributed by atoms with Gasteiger partial charge in [0.15, 0.2) is 0 Å². The Bertz CT molecular complexity index is 304. The molecule has 1 N–H and O–H groups in total. The molecule has 0 aliphatic carbocycles. The van der Waals surface area contributed by atoms with Gasteiger partial charge in [0.2, 0.25) is 0 Å². The molecule has 0 aliphatic heterocycles. The van der Waals surface area contributed by atoms with E-state index in [0.717, 1.165) is 11.4 Å². The summed E-state index contributed by atoms with van der Waals surface area (Å²) in [5, 5.41) is 11.5. The fourth-order valence-electron chi connectivity index (χ4n) is 1.06. The summed E-state index contributed by atoms with van der Waals surface area (Å²) in [5.41, 5.74) is 1.26. The second-order valence-electron chi connectivity index (χ2n) is 2.62. The summed E-state index contributed by atoms with van der Waals surface area (Å²) in [5.74, 6) is 0.517. The molecule has 68 valence electrons. The van der Waals surface area contributed by atoms with Crippen LogP contribution < -0.4 is 5.32 Å². The standard InChI is InChI=1S/C10H12N2S/c1-12-8-9-3-2-4-10(7-9)13-6-5-11/h2-4,7,12H,6,8H2,1H3. The summed E-state index contributed by atoms with van der Waals surface area (Å²) in [4.78, 5) is 1.16. The zero-order valence-electron chi connectivity index (χ0n) is 7.58. The van der Waals surface area contributed by atoms with Gasteiger partial charge in [-0.15, -0.1) is 11.8 Å². The Morgan fingerprint density at radius 2 is 2.38 bits per heavy atom. The van der Waals surface area contributed by atoms with E-state index in [4.69, 9.17) is 5.26 Å². The Morgan fingerprint density at radius 3 is 3.08 bits per heavy atom. The van der Waals surface area contributed by atoms with Crippen LogP contribution in [0.15, 0.2) is 29.2 Å². The fraction of sp³-hybridized carbons (Fsp3) is 0.300. The number of nitrogens with one attached hydrogen (secondary N) is 1. The molecule has 0 heterocycles. The van der Waals surface area contributed by atoms with Crippen molar-refractivity contribution in [3.63, 3.8) is 0 Å². The smallest absolute Gasteiger partial charge is 0.0855 e. The first-order valence-corrected chi connectivity index (χ1v) is 5.08. The van der Waals surface area contributed by atoms with Gasteiger partial charge in [-0.3, -0.25) is 0 Å². The van der Waals surface area contributed by atoms with Crippen LogP contribution >= 0.6 is 11.8 Å². The van der Waals surface area contributed by atoms with Crippen molar-refractivity contribution in [1.29, 1.82) is 5.26 Å². The van der Waals surface area contributed by atoms with Gasteiger partial charge in [-0.25, -0.2) is 0 Å². The summed E-state index contributed by atoms with van der Waals surface area (Å²) in [6.45, 7) is 0.876. The molecule has 0 atom stereocenters. The average molecular weight is 192 g/mol. The zero-order chi connectivity index (χ0) is 9.52. The molecule has 0 aliphatic rings. The number of hydrogen-bond acceptors (Lipinski definition) is 3. The molecule has 0 fully saturated rings. The van der Waals surface area contributed by atoms with Gasteiger partial charge < -0.3 is 5.32 Å². The third kappa shape index (κ3) is 3.49. The molecular weight excluding hydrogens is 180 g/mol. The van der Waals surface area contributed by atoms with Gasteiger partial charge >= 0.3 is 0 Å². The van der Waals surface area contributed by atoms with Crippen LogP contribution in [0.3, 0.4) is 0 Å². The van der Waals surface area contributed by atoms with Crippen molar-refractivity contribution < 1.29 is 0 Å². The highest BCUT2D eigenvalue weighted by Crippen LogP contribution is 2.18. The lowest BCUT2D eigenvalue weighted by molar-refractivity contribution is 0.815. The van der Waals surface area contributed by atoms with E-state index in [1.165, 1.54) is 5.56 Å². The quantitative estimate of drug-likeness (QED) is 0.741. The van der Waals surface area contributed by atoms with Crippen LogP contribution in [-0.2, 0) is 6.54 Å². The number of hydrogen-bond donors (Lipinski definition) is 1. The van der Waals surface area contributed by atoms with Crippen molar-refractivity contribution in [2.75, 3.05) is 12.8 Å². The van der Waals surface area contributed by atoms with Crippen molar-refractivity contribution >= 4 is 11.8 Å². The van der Waals surface area contributed by atoms with Crippen molar-refractivity contribution in [2.24, 2.45) is 0 Å². The van der Waals surface area contributed by atoms with E-state index in [0.29, 0.717) is 5.75 Å². The minimum absolute atomic E-state index is 0.517. The largest absolute Gasteiger partial charge is 0.316 e. The first-order chi connectivity index (χ1) is 6.36. The molecule has 0 saturated heterocycles. The first kappa shape index (κ1) is 10.1. The molecule has 0 unspecified atom stereocenters. The highest BCUT2D eigenvalue weighted by Gasteiger charge is 1.94. The molecular formula is C10H12N2S. The molecule has 0 spiro atoms. The van der Waals surface area contributed by atoms with E-state index in [9.17, 15) is 0 Å². The Hall–Kier alpha value is -0.980. The lowest BCUT2D eigenvalue weighted by atomic mass is 10.2. The van der Waals surface area contributed by atoms with Gasteiger partial charge in [0.1, 0.15) is 0 Å². The molecule has 0 bridgehead atoms. The predicted octanol–water partition coefficient (Wildman–Crippen LogP) is 2.02. The third-order valence-electron chi connectivity index (χ3n) is 1.58. The molecule has 0 radical (unpaired) electrons. The number of thioether (sulfide) groups is 1. The summed E-state index contributed by atoms with van der Waals surface area (Å²) in [6.07, 6.45) is 0. The van der Waals surface area contributed by atoms with Gasteiger partial charge in [-0.1, -0.05) is 12.1 Å². The highest BCUT2D eigenvalue weighted by molar-refractivity contribution is 7.99. The molecule has 0 saturated carbocycles. The van der Waals surface area contributed by atoms with Crippen LogP contribution in [0.5, 0.6) is 0 Å². The van der Waals surface area contributed by atoms with E-state index < -0.39 is 0 Å². The third-order valence-corrected chi connectivity index (χ3v) is 2.44. The zero-order valence-corrected chi connectivity index (χ0v) is 8.40. The van der Waals surface area contributed by atoms with Crippen molar-refractivity contribution in [3.05, 3.63) is 29.8 Å². The van der Waals surface area contributed by atoms with Crippen LogP contribution in [0, 0.1) is 11.3 Å². The Morgan fingerprint density at radius 1 is 1.54 bits per heavy atom. The molecule has 1 aromatic rings. The lowest BCUT2D eigenvalue weighted by Crippen LogP contribution is -2.04. The number of benzene rings is 1. The summed E-state index contributed by atoms with van der Waals surface area (Å²) in [6, 6.07) is 10.4. The van der Waals surface area contributed by atoms with E-state index >= 15 is 0 Å². The van der Waals surface area contributed by atoms with Crippen LogP contribution in [0.4, 0.5) is 0 Å². The predicted molar refractivity (Wildman–Crippen MR) is 55.5 cm³/mol. The van der Waals surface area contributed by atoms with E-state index in [1.54, 1.807) is 11.8 Å². The first-order valence-electron chi connectivity index (χ1n) is 4.10. The number of nitriles is 1. The summed E-state index contributed by atoms with van der Waals surface area (Å²) >= 11 is 1.57. The minimum Gasteiger partial charge on any atom is -0.316 e. The molecule has 0 amide bonds. The maximum absolute atomic E-state index is 8.42. The Labute approximate surface area is 83.0 Å². The number of rotatable bonds is 4. The minimum atomic E-state index is 0.517. The summed E-state index contributed by atoms with van der Waals surface area (Å²) in [7, 11) is 1.93. The molecule has 1 aromatic carbocycles. The van der Waals surface area contributed by atoms with Crippen LogP contribution in [0.2, 0.25) is 0 Å². The lowest BCUT2D eigenvalue weighted by Gasteiger charge is -2.02. The van der Waals surface area contributed by atoms with Gasteiger partial charge in [-0.2, -0.15) is 5.26 Å². The van der Waals surface area contributed by atoms with E-state index in [2.05, 4.69) is 23.5 Å². The second kappa shape index (κ2) is 5.63. The molecule has 2 nitrogen and oxygen atoms in total. The number of nitrogens with zero attached hydrogens (tertiary/aromatic N) is 1. The Balaban J connectivity index is 2.63. The molecule has 13 heavy (non-hydrogen) atoms. The van der Waals surface area contributed by atoms with E-state index in [1.807, 2.05) is 19.2 Å². The van der Waals surface area contributed by atoms with Gasteiger partial charge in [0.05, 0.1) is 11.8 Å². The van der Waals surface area contributed by atoms with Crippen molar-refractivity contribution in [1.82, 2.24) is 5.32 Å². The van der Waals surface area contributed by atoms with Gasteiger partial charge in [0, 0.05) is 11.4 Å². The molecule has 1 rings (SSSR count). The molecule has 0 aromatic heterocycles. The molecule has 3 heteroatoms.